The van der Waals surface area contributed by atoms with E-state index in [1.807, 2.05) is 72.3 Å². The second-order valence-electron chi connectivity index (χ2n) is 10.0. The Kier molecular flexibility index (Phi) is 6.77. The fraction of sp³-hybridized carbons (Fsp3) is 0.0882. The molecule has 6 rings (SSSR count). The summed E-state index contributed by atoms with van der Waals surface area (Å²) in [6.07, 6.45) is 3.41. The molecular formula is C34H26FN3O3. The SMILES string of the molecule is C[C@H](NC(=O)c1cc(-c2ccccc2)cc2ccn(Cc3ccc4c(F)ccnc4c3)c12)c1ccc(C(=O)O)cc1. The smallest absolute Gasteiger partial charge is 0.335 e. The van der Waals surface area contributed by atoms with Crippen molar-refractivity contribution in [3.05, 3.63) is 138 Å². The zero-order valence-corrected chi connectivity index (χ0v) is 22.2. The molecule has 0 bridgehead atoms. The number of carbonyl (C=O) groups excluding carboxylic acids is 1. The Hall–Kier alpha value is -5.30. The maximum atomic E-state index is 14.2. The lowest BCUT2D eigenvalue weighted by Crippen LogP contribution is -2.27. The number of rotatable bonds is 7. The van der Waals surface area contributed by atoms with E-state index in [9.17, 15) is 19.1 Å². The normalized spacial score (nSPS) is 12.0. The van der Waals surface area contributed by atoms with Crippen molar-refractivity contribution in [1.29, 1.82) is 0 Å². The molecular weight excluding hydrogens is 517 g/mol. The fourth-order valence-electron chi connectivity index (χ4n) is 5.18. The first-order valence-electron chi connectivity index (χ1n) is 13.2. The zero-order chi connectivity index (χ0) is 28.5. The molecule has 7 heteroatoms. The molecule has 4 aromatic carbocycles. The van der Waals surface area contributed by atoms with E-state index in [-0.39, 0.29) is 23.3 Å². The highest BCUT2D eigenvalue weighted by atomic mass is 19.1. The topological polar surface area (TPSA) is 84.2 Å². The summed E-state index contributed by atoms with van der Waals surface area (Å²) < 4.78 is 16.2. The van der Waals surface area contributed by atoms with Gasteiger partial charge in [0.15, 0.2) is 0 Å². The summed E-state index contributed by atoms with van der Waals surface area (Å²) in [6, 6.07) is 28.8. The molecule has 202 valence electrons. The number of benzene rings is 4. The van der Waals surface area contributed by atoms with Crippen molar-refractivity contribution in [3.63, 3.8) is 0 Å². The molecule has 0 saturated carbocycles. The second kappa shape index (κ2) is 10.7. The number of aromatic carboxylic acids is 1. The third kappa shape index (κ3) is 5.17. The summed E-state index contributed by atoms with van der Waals surface area (Å²) in [5.74, 6) is -1.56. The standard InChI is InChI=1S/C34H26FN3O3/c1-21(23-8-10-25(11-9-23)34(40)41)37-33(39)29-19-27(24-5-3-2-4-6-24)18-26-14-16-38(32(26)29)20-22-7-12-28-30(35)13-15-36-31(28)17-22/h2-19,21H,20H2,1H3,(H,37,39)(H,40,41)/t21-/m0/s1. The quantitative estimate of drug-likeness (QED) is 0.222. The number of nitrogens with zero attached hydrogens (tertiary/aromatic N) is 2. The van der Waals surface area contributed by atoms with Gasteiger partial charge < -0.3 is 15.0 Å². The molecule has 0 unspecified atom stereocenters. The molecule has 1 atom stereocenters. The highest BCUT2D eigenvalue weighted by Gasteiger charge is 2.19. The summed E-state index contributed by atoms with van der Waals surface area (Å²) in [5, 5.41) is 13.7. The molecule has 6 nitrogen and oxygen atoms in total. The van der Waals surface area contributed by atoms with Crippen molar-refractivity contribution < 1.29 is 19.1 Å². The van der Waals surface area contributed by atoms with Crippen molar-refractivity contribution in [2.24, 2.45) is 0 Å². The van der Waals surface area contributed by atoms with E-state index in [4.69, 9.17) is 0 Å². The number of amides is 1. The van der Waals surface area contributed by atoms with Crippen LogP contribution in [0, 0.1) is 5.82 Å². The van der Waals surface area contributed by atoms with Crippen molar-refractivity contribution in [2.75, 3.05) is 0 Å². The van der Waals surface area contributed by atoms with Crippen molar-refractivity contribution >= 4 is 33.7 Å². The minimum atomic E-state index is -0.999. The van der Waals surface area contributed by atoms with Gasteiger partial charge in [0.05, 0.1) is 28.2 Å². The molecule has 0 saturated heterocycles. The van der Waals surface area contributed by atoms with Gasteiger partial charge in [0.2, 0.25) is 0 Å². The van der Waals surface area contributed by atoms with E-state index in [0.29, 0.717) is 23.0 Å². The van der Waals surface area contributed by atoms with Crippen LogP contribution >= 0.6 is 0 Å². The molecule has 0 radical (unpaired) electrons. The summed E-state index contributed by atoms with van der Waals surface area (Å²) in [5.41, 5.74) is 5.71. The lowest BCUT2D eigenvalue weighted by molar-refractivity contribution is 0.0696. The third-order valence-electron chi connectivity index (χ3n) is 7.32. The molecule has 6 aromatic rings. The zero-order valence-electron chi connectivity index (χ0n) is 22.2. The molecule has 41 heavy (non-hydrogen) atoms. The third-order valence-corrected chi connectivity index (χ3v) is 7.32. The van der Waals surface area contributed by atoms with Crippen LogP contribution in [-0.2, 0) is 6.54 Å². The van der Waals surface area contributed by atoms with Gasteiger partial charge in [-0.25, -0.2) is 9.18 Å². The number of nitrogens with one attached hydrogen (secondary N) is 1. The average Bonchev–Trinajstić information content (AvgIpc) is 3.39. The second-order valence-corrected chi connectivity index (χ2v) is 10.0. The van der Waals surface area contributed by atoms with Crippen LogP contribution < -0.4 is 5.32 Å². The minimum absolute atomic E-state index is 0.189. The van der Waals surface area contributed by atoms with E-state index >= 15 is 0 Å². The van der Waals surface area contributed by atoms with Crippen molar-refractivity contribution in [1.82, 2.24) is 14.9 Å². The molecule has 0 aliphatic heterocycles. The Morgan fingerprint density at radius 2 is 1.71 bits per heavy atom. The van der Waals surface area contributed by atoms with E-state index in [1.165, 1.54) is 24.4 Å². The van der Waals surface area contributed by atoms with Gasteiger partial charge in [-0.1, -0.05) is 48.5 Å². The molecule has 0 fully saturated rings. The first-order valence-corrected chi connectivity index (χ1v) is 13.2. The molecule has 2 aromatic heterocycles. The van der Waals surface area contributed by atoms with Crippen LogP contribution in [-0.4, -0.2) is 26.5 Å². The van der Waals surface area contributed by atoms with Gasteiger partial charge in [-0.15, -0.1) is 0 Å². The van der Waals surface area contributed by atoms with Crippen LogP contribution in [0.5, 0.6) is 0 Å². The number of fused-ring (bicyclic) bond motifs is 2. The Labute approximate surface area is 235 Å². The fourth-order valence-corrected chi connectivity index (χ4v) is 5.18. The van der Waals surface area contributed by atoms with Crippen LogP contribution in [0.25, 0.3) is 32.9 Å². The van der Waals surface area contributed by atoms with Crippen LogP contribution in [0.4, 0.5) is 4.39 Å². The number of hydrogen-bond acceptors (Lipinski definition) is 3. The number of halogens is 1. The average molecular weight is 544 g/mol. The van der Waals surface area contributed by atoms with Gasteiger partial charge in [-0.05, 0) is 77.7 Å². The van der Waals surface area contributed by atoms with E-state index in [0.717, 1.165) is 33.2 Å². The Balaban J connectivity index is 1.39. The van der Waals surface area contributed by atoms with Gasteiger partial charge in [0.25, 0.3) is 5.91 Å². The number of carboxylic acid groups (broad SMARTS) is 1. The molecule has 1 amide bonds. The highest BCUT2D eigenvalue weighted by molar-refractivity contribution is 6.08. The number of aromatic nitrogens is 2. The van der Waals surface area contributed by atoms with Gasteiger partial charge >= 0.3 is 5.97 Å². The van der Waals surface area contributed by atoms with Gasteiger partial charge in [0.1, 0.15) is 5.82 Å². The molecule has 0 aliphatic rings. The number of pyridine rings is 1. The summed E-state index contributed by atoms with van der Waals surface area (Å²) in [6.45, 7) is 2.33. The molecule has 2 N–H and O–H groups in total. The lowest BCUT2D eigenvalue weighted by Gasteiger charge is -2.17. The predicted molar refractivity (Wildman–Crippen MR) is 157 cm³/mol. The van der Waals surface area contributed by atoms with E-state index in [2.05, 4.69) is 16.4 Å². The van der Waals surface area contributed by atoms with E-state index < -0.39 is 5.97 Å². The van der Waals surface area contributed by atoms with Gasteiger partial charge in [0, 0.05) is 29.7 Å². The summed E-state index contributed by atoms with van der Waals surface area (Å²) in [4.78, 5) is 29.4. The Bertz CT molecular complexity index is 1910. The predicted octanol–water partition coefficient (Wildman–Crippen LogP) is 7.23. The minimum Gasteiger partial charge on any atom is -0.478 e. The monoisotopic (exact) mass is 543 g/mol. The summed E-state index contributed by atoms with van der Waals surface area (Å²) in [7, 11) is 0. The first-order chi connectivity index (χ1) is 19.9. The Morgan fingerprint density at radius 3 is 2.46 bits per heavy atom. The molecule has 2 heterocycles. The molecule has 0 aliphatic carbocycles. The van der Waals surface area contributed by atoms with E-state index in [1.54, 1.807) is 18.2 Å². The van der Waals surface area contributed by atoms with Gasteiger partial charge in [-0.2, -0.15) is 0 Å². The maximum absolute atomic E-state index is 14.2. The number of carboxylic acids is 1. The summed E-state index contributed by atoms with van der Waals surface area (Å²) >= 11 is 0. The van der Waals surface area contributed by atoms with Crippen LogP contribution in [0.1, 0.15) is 44.8 Å². The van der Waals surface area contributed by atoms with Crippen molar-refractivity contribution in [3.8, 4) is 11.1 Å². The number of carbonyl (C=O) groups is 2. The Morgan fingerprint density at radius 1 is 0.927 bits per heavy atom. The number of hydrogen-bond donors (Lipinski definition) is 2. The van der Waals surface area contributed by atoms with Crippen LogP contribution in [0.15, 0.2) is 109 Å². The first kappa shape index (κ1) is 26.0. The van der Waals surface area contributed by atoms with Gasteiger partial charge in [-0.3, -0.25) is 9.78 Å². The lowest BCUT2D eigenvalue weighted by atomic mass is 9.99. The maximum Gasteiger partial charge on any atom is 0.335 e. The van der Waals surface area contributed by atoms with Crippen LogP contribution in [0.2, 0.25) is 0 Å². The highest BCUT2D eigenvalue weighted by Crippen LogP contribution is 2.30. The molecule has 0 spiro atoms. The van der Waals surface area contributed by atoms with Crippen molar-refractivity contribution in [2.45, 2.75) is 19.5 Å². The largest absolute Gasteiger partial charge is 0.478 e. The van der Waals surface area contributed by atoms with Crippen LogP contribution in [0.3, 0.4) is 0 Å².